The second-order valence-electron chi connectivity index (χ2n) is 6.82. The lowest BCUT2D eigenvalue weighted by molar-refractivity contribution is 0.410. The first-order chi connectivity index (χ1) is 14.6. The van der Waals surface area contributed by atoms with Gasteiger partial charge in [0.15, 0.2) is 17.5 Å². The summed E-state index contributed by atoms with van der Waals surface area (Å²) in [5, 5.41) is 3.87. The number of aryl methyl sites for hydroxylation is 1. The van der Waals surface area contributed by atoms with E-state index < -0.39 is 11.6 Å². The van der Waals surface area contributed by atoms with Crippen molar-refractivity contribution in [3.8, 4) is 17.1 Å². The Kier molecular flexibility index (Phi) is 5.52. The molecule has 152 valence electrons. The van der Waals surface area contributed by atoms with Gasteiger partial charge in [0.2, 0.25) is 0 Å². The molecule has 0 radical (unpaired) electrons. The van der Waals surface area contributed by atoms with E-state index in [1.54, 1.807) is 25.6 Å². The number of pyridine rings is 1. The lowest BCUT2D eigenvalue weighted by Gasteiger charge is -2.14. The van der Waals surface area contributed by atoms with Gasteiger partial charge in [0.1, 0.15) is 11.6 Å². The molecule has 0 aliphatic rings. The van der Waals surface area contributed by atoms with Crippen LogP contribution in [0.25, 0.3) is 22.3 Å². The smallest absolute Gasteiger partial charge is 0.163 e. The average Bonchev–Trinajstić information content (AvgIpc) is 2.77. The van der Waals surface area contributed by atoms with E-state index in [2.05, 4.69) is 27.2 Å². The SMILES string of the molecule is CCCc1cc2c(Nc3ccc(F)c(F)c3)nc(-c3cccnc3)nc2cc1OC. The third kappa shape index (κ3) is 3.91. The average molecular weight is 406 g/mol. The molecule has 0 fully saturated rings. The second-order valence-corrected chi connectivity index (χ2v) is 6.82. The minimum absolute atomic E-state index is 0.388. The summed E-state index contributed by atoms with van der Waals surface area (Å²) in [6, 6.07) is 11.2. The zero-order valence-corrected chi connectivity index (χ0v) is 16.6. The van der Waals surface area contributed by atoms with E-state index in [9.17, 15) is 8.78 Å². The van der Waals surface area contributed by atoms with E-state index in [4.69, 9.17) is 4.74 Å². The molecule has 0 amide bonds. The van der Waals surface area contributed by atoms with Gasteiger partial charge >= 0.3 is 0 Å². The van der Waals surface area contributed by atoms with Crippen LogP contribution < -0.4 is 10.1 Å². The van der Waals surface area contributed by atoms with Crippen molar-refractivity contribution in [1.29, 1.82) is 0 Å². The molecule has 2 aromatic heterocycles. The molecule has 30 heavy (non-hydrogen) atoms. The molecule has 0 bridgehead atoms. The van der Waals surface area contributed by atoms with Gasteiger partial charge in [0.05, 0.1) is 12.6 Å². The van der Waals surface area contributed by atoms with E-state index in [1.165, 1.54) is 6.07 Å². The largest absolute Gasteiger partial charge is 0.496 e. The first-order valence-electron chi connectivity index (χ1n) is 9.60. The van der Waals surface area contributed by atoms with E-state index in [-0.39, 0.29) is 0 Å². The molecule has 0 aliphatic heterocycles. The number of anilines is 2. The van der Waals surface area contributed by atoms with Crippen LogP contribution in [0.1, 0.15) is 18.9 Å². The third-order valence-corrected chi connectivity index (χ3v) is 4.72. The predicted octanol–water partition coefficient (Wildman–Crippen LogP) is 5.67. The standard InChI is InChI=1S/C23H20F2N4O/c1-3-5-14-10-17-20(12-21(14)30-2)28-22(15-6-4-9-26-13-15)29-23(17)27-16-7-8-18(24)19(25)11-16/h4,6-13H,3,5H2,1-2H3,(H,27,28,29). The Morgan fingerprint density at radius 3 is 2.60 bits per heavy atom. The van der Waals surface area contributed by atoms with Gasteiger partial charge < -0.3 is 10.1 Å². The van der Waals surface area contributed by atoms with Gasteiger partial charge in [-0.15, -0.1) is 0 Å². The van der Waals surface area contributed by atoms with Crippen LogP contribution in [0.15, 0.2) is 54.9 Å². The van der Waals surface area contributed by atoms with Crippen LogP contribution in [0.3, 0.4) is 0 Å². The van der Waals surface area contributed by atoms with Crippen LogP contribution in [0.2, 0.25) is 0 Å². The van der Waals surface area contributed by atoms with Crippen LogP contribution in [-0.2, 0) is 6.42 Å². The highest BCUT2D eigenvalue weighted by atomic mass is 19.2. The molecule has 7 heteroatoms. The minimum atomic E-state index is -0.931. The van der Waals surface area contributed by atoms with Gasteiger partial charge in [0, 0.05) is 41.2 Å². The van der Waals surface area contributed by atoms with Crippen LogP contribution in [0, 0.1) is 11.6 Å². The van der Waals surface area contributed by atoms with E-state index in [0.717, 1.165) is 47.2 Å². The number of rotatable bonds is 6. The monoisotopic (exact) mass is 406 g/mol. The van der Waals surface area contributed by atoms with Crippen molar-refractivity contribution in [2.24, 2.45) is 0 Å². The van der Waals surface area contributed by atoms with Crippen LogP contribution in [0.4, 0.5) is 20.3 Å². The number of nitrogens with zero attached hydrogens (tertiary/aromatic N) is 3. The first kappa shape index (κ1) is 19.7. The first-order valence-corrected chi connectivity index (χ1v) is 9.60. The maximum absolute atomic E-state index is 13.7. The second kappa shape index (κ2) is 8.41. The predicted molar refractivity (Wildman–Crippen MR) is 113 cm³/mol. The third-order valence-electron chi connectivity index (χ3n) is 4.72. The summed E-state index contributed by atoms with van der Waals surface area (Å²) < 4.78 is 32.6. The highest BCUT2D eigenvalue weighted by molar-refractivity contribution is 5.93. The number of ether oxygens (including phenoxy) is 1. The van der Waals surface area contributed by atoms with Crippen LogP contribution in [0.5, 0.6) is 5.75 Å². The Morgan fingerprint density at radius 2 is 1.90 bits per heavy atom. The Hall–Kier alpha value is -3.61. The molecular formula is C23H20F2N4O. The summed E-state index contributed by atoms with van der Waals surface area (Å²) in [6.07, 6.45) is 5.12. The summed E-state index contributed by atoms with van der Waals surface area (Å²) in [6.45, 7) is 2.09. The number of nitrogens with one attached hydrogen (secondary N) is 1. The molecule has 2 heterocycles. The molecule has 0 aliphatic carbocycles. The Balaban J connectivity index is 1.91. The molecule has 0 saturated heterocycles. The molecule has 5 nitrogen and oxygen atoms in total. The summed E-state index contributed by atoms with van der Waals surface area (Å²) in [4.78, 5) is 13.5. The quantitative estimate of drug-likeness (QED) is 0.447. The molecule has 4 rings (SSSR count). The fourth-order valence-electron chi connectivity index (χ4n) is 3.29. The van der Waals surface area contributed by atoms with Gasteiger partial charge in [-0.3, -0.25) is 4.98 Å². The number of hydrogen-bond acceptors (Lipinski definition) is 5. The summed E-state index contributed by atoms with van der Waals surface area (Å²) in [5.41, 5.74) is 2.83. The van der Waals surface area contributed by atoms with Gasteiger partial charge in [-0.05, 0) is 42.3 Å². The normalized spacial score (nSPS) is 10.9. The van der Waals surface area contributed by atoms with Crippen molar-refractivity contribution < 1.29 is 13.5 Å². The van der Waals surface area contributed by atoms with Crippen molar-refractivity contribution in [3.63, 3.8) is 0 Å². The van der Waals surface area contributed by atoms with Crippen molar-refractivity contribution in [3.05, 3.63) is 72.1 Å². The van der Waals surface area contributed by atoms with Crippen molar-refractivity contribution >= 4 is 22.4 Å². The van der Waals surface area contributed by atoms with Crippen LogP contribution >= 0.6 is 0 Å². The number of hydrogen-bond donors (Lipinski definition) is 1. The fraction of sp³-hybridized carbons (Fsp3) is 0.174. The summed E-state index contributed by atoms with van der Waals surface area (Å²) >= 11 is 0. The maximum Gasteiger partial charge on any atom is 0.163 e. The molecule has 1 N–H and O–H groups in total. The van der Waals surface area contributed by atoms with Gasteiger partial charge in [-0.2, -0.15) is 0 Å². The van der Waals surface area contributed by atoms with Crippen molar-refractivity contribution in [2.75, 3.05) is 12.4 Å². The molecule has 4 aromatic rings. The van der Waals surface area contributed by atoms with Crippen LogP contribution in [-0.4, -0.2) is 22.1 Å². The molecule has 2 aromatic carbocycles. The number of halogens is 2. The highest BCUT2D eigenvalue weighted by Gasteiger charge is 2.15. The lowest BCUT2D eigenvalue weighted by atomic mass is 10.1. The number of methoxy groups -OCH3 is 1. The topological polar surface area (TPSA) is 59.9 Å². The highest BCUT2D eigenvalue weighted by Crippen LogP contribution is 2.33. The zero-order valence-electron chi connectivity index (χ0n) is 16.6. The van der Waals surface area contributed by atoms with E-state index >= 15 is 0 Å². The minimum Gasteiger partial charge on any atom is -0.496 e. The maximum atomic E-state index is 13.7. The van der Waals surface area contributed by atoms with E-state index in [0.29, 0.717) is 22.8 Å². The fourth-order valence-corrected chi connectivity index (χ4v) is 3.29. The van der Waals surface area contributed by atoms with Gasteiger partial charge in [-0.1, -0.05) is 13.3 Å². The van der Waals surface area contributed by atoms with Gasteiger partial charge in [0.25, 0.3) is 0 Å². The Bertz CT molecular complexity index is 1200. The molecule has 0 atom stereocenters. The molecule has 0 saturated carbocycles. The zero-order chi connectivity index (χ0) is 21.1. The van der Waals surface area contributed by atoms with Gasteiger partial charge in [-0.25, -0.2) is 18.7 Å². The molecule has 0 spiro atoms. The number of benzene rings is 2. The number of fused-ring (bicyclic) bond motifs is 1. The van der Waals surface area contributed by atoms with Crippen molar-refractivity contribution in [2.45, 2.75) is 19.8 Å². The Morgan fingerprint density at radius 1 is 1.03 bits per heavy atom. The molecular weight excluding hydrogens is 386 g/mol. The lowest BCUT2D eigenvalue weighted by Crippen LogP contribution is -2.02. The van der Waals surface area contributed by atoms with E-state index in [1.807, 2.05) is 18.2 Å². The number of aromatic nitrogens is 3. The Labute approximate surface area is 172 Å². The molecule has 0 unspecified atom stereocenters. The van der Waals surface area contributed by atoms with Crippen molar-refractivity contribution in [1.82, 2.24) is 15.0 Å². The summed E-state index contributed by atoms with van der Waals surface area (Å²) in [7, 11) is 1.63. The summed E-state index contributed by atoms with van der Waals surface area (Å²) in [5.74, 6) is -0.131.